The van der Waals surface area contributed by atoms with Crippen LogP contribution in [0, 0.1) is 11.6 Å². The Morgan fingerprint density at radius 3 is 2.33 bits per heavy atom. The molecule has 2 aromatic rings. The maximum atomic E-state index is 13.2. The van der Waals surface area contributed by atoms with Gasteiger partial charge in [-0.1, -0.05) is 29.3 Å². The number of ether oxygens (including phenoxy) is 1. The number of aliphatic carboxylic acids is 1. The van der Waals surface area contributed by atoms with Gasteiger partial charge < -0.3 is 15.2 Å². The monoisotopic (exact) mass is 417 g/mol. The number of carbonyl (C=O) groups excluding carboxylic acids is 1. The van der Waals surface area contributed by atoms with Gasteiger partial charge in [0.15, 0.2) is 18.2 Å². The van der Waals surface area contributed by atoms with Crippen molar-refractivity contribution in [3.8, 4) is 5.75 Å². The summed E-state index contributed by atoms with van der Waals surface area (Å²) in [4.78, 5) is 23.3. The molecule has 0 bridgehead atoms. The molecule has 5 nitrogen and oxygen atoms in total. The first-order valence-corrected chi connectivity index (χ1v) is 8.55. The Bertz CT molecular complexity index is 828. The minimum absolute atomic E-state index is 0.00482. The molecule has 0 heterocycles. The molecule has 0 aliphatic rings. The molecule has 0 saturated carbocycles. The number of carbonyl (C=O) groups is 2. The van der Waals surface area contributed by atoms with Gasteiger partial charge in [-0.2, -0.15) is 0 Å². The molecule has 0 spiro atoms. The second kappa shape index (κ2) is 9.53. The number of carboxylic acid groups (broad SMARTS) is 1. The Hall–Kier alpha value is -2.38. The van der Waals surface area contributed by atoms with Crippen molar-refractivity contribution in [1.82, 2.24) is 5.32 Å². The second-order valence-electron chi connectivity index (χ2n) is 5.64. The van der Waals surface area contributed by atoms with Gasteiger partial charge in [0.05, 0.1) is 0 Å². The van der Waals surface area contributed by atoms with E-state index in [1.165, 1.54) is 24.3 Å². The summed E-state index contributed by atoms with van der Waals surface area (Å²) in [5, 5.41) is 12.2. The van der Waals surface area contributed by atoms with Crippen LogP contribution < -0.4 is 10.1 Å². The summed E-state index contributed by atoms with van der Waals surface area (Å²) < 4.78 is 31.3. The van der Waals surface area contributed by atoms with Crippen molar-refractivity contribution in [2.24, 2.45) is 0 Å². The number of hydrogen-bond donors (Lipinski definition) is 2. The summed E-state index contributed by atoms with van der Waals surface area (Å²) in [6.07, 6.45) is 0.133. The lowest BCUT2D eigenvalue weighted by Crippen LogP contribution is -2.43. The quantitative estimate of drug-likeness (QED) is 0.683. The van der Waals surface area contributed by atoms with Gasteiger partial charge in [-0.15, -0.1) is 0 Å². The van der Waals surface area contributed by atoms with Crippen molar-refractivity contribution in [2.45, 2.75) is 18.9 Å². The van der Waals surface area contributed by atoms with Crippen molar-refractivity contribution in [1.29, 1.82) is 0 Å². The van der Waals surface area contributed by atoms with Crippen molar-refractivity contribution in [3.05, 3.63) is 63.6 Å². The lowest BCUT2D eigenvalue weighted by atomic mass is 10.0. The summed E-state index contributed by atoms with van der Waals surface area (Å²) in [5.74, 6) is -3.66. The molecule has 27 heavy (non-hydrogen) atoms. The number of benzene rings is 2. The summed E-state index contributed by atoms with van der Waals surface area (Å²) in [7, 11) is 0. The van der Waals surface area contributed by atoms with Gasteiger partial charge in [-0.05, 0) is 48.7 Å². The molecule has 0 fully saturated rings. The standard InChI is InChI=1S/C18H15Cl2F2NO4/c19-11-6-12(20)8-13(7-11)27-9-17(24)23-16(18(25)26)4-2-10-1-3-14(21)15(22)5-10/h1,3,5-8,16H,2,4,9H2,(H,23,24)(H,25,26)/t16-/m0/s1. The van der Waals surface area contributed by atoms with Gasteiger partial charge in [0.2, 0.25) is 0 Å². The van der Waals surface area contributed by atoms with Crippen LogP contribution in [0.5, 0.6) is 5.75 Å². The van der Waals surface area contributed by atoms with Gasteiger partial charge in [0.1, 0.15) is 11.8 Å². The van der Waals surface area contributed by atoms with E-state index in [2.05, 4.69) is 5.32 Å². The molecule has 2 rings (SSSR count). The van der Waals surface area contributed by atoms with E-state index in [1.54, 1.807) is 0 Å². The predicted octanol–water partition coefficient (Wildman–Crippen LogP) is 3.85. The van der Waals surface area contributed by atoms with Gasteiger partial charge >= 0.3 is 5.97 Å². The first kappa shape index (κ1) is 20.9. The van der Waals surface area contributed by atoms with Crippen LogP contribution >= 0.6 is 23.2 Å². The van der Waals surface area contributed by atoms with E-state index in [1.807, 2.05) is 0 Å². The molecule has 2 N–H and O–H groups in total. The Morgan fingerprint density at radius 1 is 1.07 bits per heavy atom. The Morgan fingerprint density at radius 2 is 1.74 bits per heavy atom. The van der Waals surface area contributed by atoms with Gasteiger partial charge in [0.25, 0.3) is 5.91 Å². The highest BCUT2D eigenvalue weighted by Gasteiger charge is 2.20. The number of carboxylic acids is 1. The molecule has 0 aromatic heterocycles. The van der Waals surface area contributed by atoms with Crippen LogP contribution in [0.15, 0.2) is 36.4 Å². The highest BCUT2D eigenvalue weighted by atomic mass is 35.5. The molecule has 0 saturated heterocycles. The number of halogens is 4. The molecule has 1 amide bonds. The molecule has 9 heteroatoms. The molecule has 0 aliphatic carbocycles. The number of nitrogens with one attached hydrogen (secondary N) is 1. The Labute approximate surface area is 163 Å². The van der Waals surface area contributed by atoms with Gasteiger partial charge in [-0.25, -0.2) is 13.6 Å². The van der Waals surface area contributed by atoms with Crippen LogP contribution in [-0.4, -0.2) is 29.6 Å². The Balaban J connectivity index is 1.89. The zero-order valence-corrected chi connectivity index (χ0v) is 15.4. The topological polar surface area (TPSA) is 75.6 Å². The van der Waals surface area contributed by atoms with Crippen molar-refractivity contribution in [2.75, 3.05) is 6.61 Å². The zero-order chi connectivity index (χ0) is 20.0. The van der Waals surface area contributed by atoms with Crippen molar-refractivity contribution in [3.63, 3.8) is 0 Å². The lowest BCUT2D eigenvalue weighted by Gasteiger charge is -2.15. The van der Waals surface area contributed by atoms with Crippen LogP contribution in [0.4, 0.5) is 8.78 Å². The van der Waals surface area contributed by atoms with E-state index in [0.717, 1.165) is 12.1 Å². The van der Waals surface area contributed by atoms with Gasteiger partial charge in [-0.3, -0.25) is 4.79 Å². The fourth-order valence-corrected chi connectivity index (χ4v) is 2.77. The third-order valence-electron chi connectivity index (χ3n) is 3.55. The molecule has 0 unspecified atom stereocenters. The number of hydrogen-bond acceptors (Lipinski definition) is 3. The second-order valence-corrected chi connectivity index (χ2v) is 6.51. The van der Waals surface area contributed by atoms with E-state index in [0.29, 0.717) is 15.6 Å². The molecular formula is C18H15Cl2F2NO4. The average Bonchev–Trinajstić information content (AvgIpc) is 2.58. The van der Waals surface area contributed by atoms with E-state index in [-0.39, 0.29) is 18.6 Å². The highest BCUT2D eigenvalue weighted by molar-refractivity contribution is 6.34. The maximum Gasteiger partial charge on any atom is 0.326 e. The minimum atomic E-state index is -1.25. The molecule has 0 radical (unpaired) electrons. The van der Waals surface area contributed by atoms with Crippen molar-refractivity contribution < 1.29 is 28.2 Å². The average molecular weight is 418 g/mol. The zero-order valence-electron chi connectivity index (χ0n) is 13.8. The summed E-state index contributed by atoms with van der Waals surface area (Å²) >= 11 is 11.6. The van der Waals surface area contributed by atoms with Crippen molar-refractivity contribution >= 4 is 35.1 Å². The van der Waals surface area contributed by atoms with Crippen LogP contribution in [0.25, 0.3) is 0 Å². The van der Waals surface area contributed by atoms with E-state index in [4.69, 9.17) is 27.9 Å². The summed E-state index contributed by atoms with van der Waals surface area (Å²) in [6.45, 7) is -0.439. The fraction of sp³-hybridized carbons (Fsp3) is 0.222. The highest BCUT2D eigenvalue weighted by Crippen LogP contribution is 2.24. The molecule has 0 aliphatic heterocycles. The fourth-order valence-electron chi connectivity index (χ4n) is 2.26. The smallest absolute Gasteiger partial charge is 0.326 e. The molecule has 2 aromatic carbocycles. The lowest BCUT2D eigenvalue weighted by molar-refractivity contribution is -0.142. The summed E-state index contributed by atoms with van der Waals surface area (Å²) in [6, 6.07) is 6.50. The molecular weight excluding hydrogens is 403 g/mol. The minimum Gasteiger partial charge on any atom is -0.484 e. The van der Waals surface area contributed by atoms with Crippen LogP contribution in [0.3, 0.4) is 0 Å². The third kappa shape index (κ3) is 6.69. The van der Waals surface area contributed by atoms with E-state index >= 15 is 0 Å². The molecule has 144 valence electrons. The number of aryl methyl sites for hydroxylation is 1. The largest absolute Gasteiger partial charge is 0.484 e. The number of rotatable bonds is 8. The van der Waals surface area contributed by atoms with Crippen LogP contribution in [0.1, 0.15) is 12.0 Å². The van der Waals surface area contributed by atoms with Crippen LogP contribution in [0.2, 0.25) is 10.0 Å². The Kier molecular flexibility index (Phi) is 7.38. The molecule has 1 atom stereocenters. The van der Waals surface area contributed by atoms with E-state index < -0.39 is 36.2 Å². The number of amides is 1. The van der Waals surface area contributed by atoms with E-state index in [9.17, 15) is 23.5 Å². The first-order valence-electron chi connectivity index (χ1n) is 7.79. The predicted molar refractivity (Wildman–Crippen MR) is 96.2 cm³/mol. The maximum absolute atomic E-state index is 13.2. The summed E-state index contributed by atoms with van der Waals surface area (Å²) in [5.41, 5.74) is 0.416. The SMILES string of the molecule is O=C(COc1cc(Cl)cc(Cl)c1)N[C@@H](CCc1ccc(F)c(F)c1)C(=O)O. The first-order chi connectivity index (χ1) is 12.7. The van der Waals surface area contributed by atoms with Gasteiger partial charge in [0, 0.05) is 10.0 Å². The normalized spacial score (nSPS) is 11.7. The third-order valence-corrected chi connectivity index (χ3v) is 3.98. The van der Waals surface area contributed by atoms with Crippen LogP contribution in [-0.2, 0) is 16.0 Å².